The van der Waals surface area contributed by atoms with Gasteiger partial charge in [0.1, 0.15) is 18.5 Å². The average Bonchev–Trinajstić information content (AvgIpc) is 3.29. The number of benzene rings is 3. The van der Waals surface area contributed by atoms with Crippen molar-refractivity contribution in [3.8, 4) is 0 Å². The van der Waals surface area contributed by atoms with E-state index >= 15 is 0 Å². The number of anilines is 1. The molecule has 1 N–H and O–H groups in total. The van der Waals surface area contributed by atoms with Crippen LogP contribution in [0.3, 0.4) is 0 Å². The van der Waals surface area contributed by atoms with Crippen LogP contribution < -0.4 is 5.32 Å². The van der Waals surface area contributed by atoms with Crippen LogP contribution in [0, 0.1) is 5.82 Å². The zero-order chi connectivity index (χ0) is 25.1. The topological polar surface area (TPSA) is 69.0 Å². The van der Waals surface area contributed by atoms with Gasteiger partial charge in [-0.1, -0.05) is 84.0 Å². The Labute approximate surface area is 217 Å². The van der Waals surface area contributed by atoms with Crippen LogP contribution in [0.25, 0.3) is 0 Å². The minimum atomic E-state index is -0.572. The normalized spacial score (nSPS) is 14.8. The molecule has 1 aromatic heterocycles. The molecule has 1 atom stereocenters. The largest absolute Gasteiger partial charge is 0.457 e. The first-order valence-corrected chi connectivity index (χ1v) is 12.6. The number of ether oxygens (including phenoxy) is 1. The Morgan fingerprint density at radius 1 is 1.08 bits per heavy atom. The Hall–Kier alpha value is -3.62. The van der Waals surface area contributed by atoms with E-state index in [1.807, 2.05) is 49.4 Å². The number of rotatable bonds is 7. The van der Waals surface area contributed by atoms with Gasteiger partial charge in [-0.25, -0.2) is 13.9 Å². The Morgan fingerprint density at radius 2 is 1.81 bits per heavy atom. The summed E-state index contributed by atoms with van der Waals surface area (Å²) in [6, 6.07) is 22.8. The maximum absolute atomic E-state index is 14.1. The summed E-state index contributed by atoms with van der Waals surface area (Å²) in [4.78, 5) is 17.9. The van der Waals surface area contributed by atoms with Crippen molar-refractivity contribution in [3.63, 3.8) is 0 Å². The molecule has 0 saturated carbocycles. The van der Waals surface area contributed by atoms with Gasteiger partial charge < -0.3 is 10.1 Å². The lowest BCUT2D eigenvalue weighted by Gasteiger charge is -2.28. The van der Waals surface area contributed by atoms with Gasteiger partial charge in [0, 0.05) is 16.5 Å². The highest BCUT2D eigenvalue weighted by Gasteiger charge is 2.35. The van der Waals surface area contributed by atoms with E-state index < -0.39 is 12.0 Å². The Kier molecular flexibility index (Phi) is 7.06. The minimum absolute atomic E-state index is 0.151. The van der Waals surface area contributed by atoms with E-state index in [1.54, 1.807) is 35.0 Å². The van der Waals surface area contributed by atoms with Crippen LogP contribution in [0.5, 0.6) is 0 Å². The van der Waals surface area contributed by atoms with Gasteiger partial charge in [0.25, 0.3) is 0 Å². The highest BCUT2D eigenvalue weighted by Crippen LogP contribution is 2.37. The first-order valence-electron chi connectivity index (χ1n) is 11.3. The van der Waals surface area contributed by atoms with Crippen molar-refractivity contribution in [2.24, 2.45) is 0 Å². The molecule has 0 aliphatic carbocycles. The molecular weight excluding hydrogens is 499 g/mol. The van der Waals surface area contributed by atoms with Crippen molar-refractivity contribution in [1.82, 2.24) is 14.8 Å². The molecule has 0 radical (unpaired) electrons. The lowest BCUT2D eigenvalue weighted by molar-refractivity contribution is -0.140. The SMILES string of the molecule is CC1=C(C(=O)OCc2ccccc2)C(c2ccc(Cl)cc2)n2nc(SCc3ccccc3F)nc2N1. The first kappa shape index (κ1) is 24.1. The molecule has 0 saturated heterocycles. The number of esters is 1. The number of nitrogens with one attached hydrogen (secondary N) is 1. The summed E-state index contributed by atoms with van der Waals surface area (Å²) in [5.41, 5.74) is 3.32. The quantitative estimate of drug-likeness (QED) is 0.225. The third kappa shape index (κ3) is 5.15. The van der Waals surface area contributed by atoms with Crippen molar-refractivity contribution >= 4 is 35.3 Å². The van der Waals surface area contributed by atoms with E-state index in [4.69, 9.17) is 16.3 Å². The van der Waals surface area contributed by atoms with E-state index in [0.717, 1.165) is 11.1 Å². The predicted molar refractivity (Wildman–Crippen MR) is 138 cm³/mol. The van der Waals surface area contributed by atoms with Gasteiger partial charge in [0.2, 0.25) is 11.1 Å². The number of carbonyl (C=O) groups excluding carboxylic acids is 1. The monoisotopic (exact) mass is 520 g/mol. The van der Waals surface area contributed by atoms with Gasteiger partial charge in [-0.15, -0.1) is 5.10 Å². The lowest BCUT2D eigenvalue weighted by Crippen LogP contribution is -2.29. The Balaban J connectivity index is 1.45. The number of hydrogen-bond acceptors (Lipinski definition) is 6. The molecule has 6 nitrogen and oxygen atoms in total. The summed E-state index contributed by atoms with van der Waals surface area (Å²) in [5.74, 6) is 0.140. The number of nitrogens with zero attached hydrogens (tertiary/aromatic N) is 3. The number of thioether (sulfide) groups is 1. The summed E-state index contributed by atoms with van der Waals surface area (Å²) < 4.78 is 21.4. The number of halogens is 2. The lowest BCUT2D eigenvalue weighted by atomic mass is 9.96. The summed E-state index contributed by atoms with van der Waals surface area (Å²) in [7, 11) is 0. The molecule has 0 amide bonds. The second-order valence-electron chi connectivity index (χ2n) is 8.22. The van der Waals surface area contributed by atoms with E-state index in [0.29, 0.717) is 38.7 Å². The molecule has 0 bridgehead atoms. The van der Waals surface area contributed by atoms with Crippen molar-refractivity contribution in [2.45, 2.75) is 30.5 Å². The molecule has 9 heteroatoms. The second kappa shape index (κ2) is 10.6. The van der Waals surface area contributed by atoms with Gasteiger partial charge in [0.15, 0.2) is 0 Å². The highest BCUT2D eigenvalue weighted by molar-refractivity contribution is 7.98. The number of hydrogen-bond donors (Lipinski definition) is 1. The van der Waals surface area contributed by atoms with Gasteiger partial charge in [0.05, 0.1) is 5.57 Å². The molecular formula is C27H22ClFN4O2S. The van der Waals surface area contributed by atoms with Gasteiger partial charge in [-0.05, 0) is 41.8 Å². The second-order valence-corrected chi connectivity index (χ2v) is 9.60. The summed E-state index contributed by atoms with van der Waals surface area (Å²) in [5, 5.41) is 8.90. The van der Waals surface area contributed by atoms with Crippen LogP contribution in [0.15, 0.2) is 95.3 Å². The van der Waals surface area contributed by atoms with Gasteiger partial charge >= 0.3 is 5.97 Å². The van der Waals surface area contributed by atoms with Crippen LogP contribution in [0.1, 0.15) is 29.7 Å². The predicted octanol–water partition coefficient (Wildman–Crippen LogP) is 6.40. The molecule has 4 aromatic rings. The van der Waals surface area contributed by atoms with E-state index in [1.165, 1.54) is 17.8 Å². The molecule has 1 aliphatic rings. The summed E-state index contributed by atoms with van der Waals surface area (Å²) >= 11 is 7.45. The molecule has 3 aromatic carbocycles. The molecule has 1 unspecified atom stereocenters. The summed E-state index contributed by atoms with van der Waals surface area (Å²) in [6.07, 6.45) is 0. The maximum atomic E-state index is 14.1. The van der Waals surface area contributed by atoms with E-state index in [2.05, 4.69) is 15.4 Å². The number of aromatic nitrogens is 3. The van der Waals surface area contributed by atoms with Gasteiger partial charge in [-0.2, -0.15) is 4.98 Å². The standard InChI is InChI=1S/C27H22ClFN4O2S/c1-17-23(25(34)35-15-18-7-3-2-4-8-18)24(19-11-13-21(28)14-12-19)33-26(30-17)31-27(32-33)36-16-20-9-5-6-10-22(20)29/h2-14,24H,15-16H2,1H3,(H,30,31,32). The van der Waals surface area contributed by atoms with Crippen molar-refractivity contribution in [2.75, 3.05) is 5.32 Å². The van der Waals surface area contributed by atoms with Crippen molar-refractivity contribution < 1.29 is 13.9 Å². The fourth-order valence-electron chi connectivity index (χ4n) is 3.97. The highest BCUT2D eigenvalue weighted by atomic mass is 35.5. The molecule has 5 rings (SSSR count). The molecule has 0 spiro atoms. The zero-order valence-electron chi connectivity index (χ0n) is 19.3. The fourth-order valence-corrected chi connectivity index (χ4v) is 4.91. The maximum Gasteiger partial charge on any atom is 0.338 e. The van der Waals surface area contributed by atoms with Crippen LogP contribution >= 0.6 is 23.4 Å². The summed E-state index contributed by atoms with van der Waals surface area (Å²) in [6.45, 7) is 1.96. The van der Waals surface area contributed by atoms with Crippen LogP contribution in [-0.4, -0.2) is 20.7 Å². The van der Waals surface area contributed by atoms with Crippen LogP contribution in [0.2, 0.25) is 5.02 Å². The first-order chi connectivity index (χ1) is 17.5. The molecule has 182 valence electrons. The molecule has 36 heavy (non-hydrogen) atoms. The van der Waals surface area contributed by atoms with Gasteiger partial charge in [-0.3, -0.25) is 0 Å². The number of fused-ring (bicyclic) bond motifs is 1. The molecule has 0 fully saturated rings. The van der Waals surface area contributed by atoms with E-state index in [-0.39, 0.29) is 12.4 Å². The Morgan fingerprint density at radius 3 is 2.56 bits per heavy atom. The van der Waals surface area contributed by atoms with Crippen LogP contribution in [0.4, 0.5) is 10.3 Å². The molecule has 2 heterocycles. The van der Waals surface area contributed by atoms with Crippen molar-refractivity contribution in [1.29, 1.82) is 0 Å². The number of allylic oxidation sites excluding steroid dienone is 1. The minimum Gasteiger partial charge on any atom is -0.457 e. The smallest absolute Gasteiger partial charge is 0.338 e. The third-order valence-electron chi connectivity index (χ3n) is 5.77. The average molecular weight is 521 g/mol. The third-order valence-corrected chi connectivity index (χ3v) is 6.90. The van der Waals surface area contributed by atoms with Crippen molar-refractivity contribution in [3.05, 3.63) is 118 Å². The Bertz CT molecular complexity index is 1420. The van der Waals surface area contributed by atoms with Crippen LogP contribution in [-0.2, 0) is 21.9 Å². The number of carbonyl (C=O) groups is 1. The fraction of sp³-hybridized carbons (Fsp3) is 0.148. The molecule has 1 aliphatic heterocycles. The van der Waals surface area contributed by atoms with E-state index in [9.17, 15) is 9.18 Å². The zero-order valence-corrected chi connectivity index (χ0v) is 20.9.